The molecule has 14 N–H and O–H groups in total. The van der Waals surface area contributed by atoms with Crippen LogP contribution < -0.4 is 33.2 Å². The number of likely N-dealkylation sites (N-methyl/N-ethyl adjacent to an activating group) is 1. The molecule has 0 spiro atoms. The number of amides is 1. The average molecular weight is 613 g/mol. The predicted molar refractivity (Wildman–Crippen MR) is 145 cm³/mol. The van der Waals surface area contributed by atoms with E-state index in [0.717, 1.165) is 0 Å². The van der Waals surface area contributed by atoms with E-state index in [1.54, 1.807) is 7.05 Å². The minimum atomic E-state index is -2.08. The van der Waals surface area contributed by atoms with Crippen LogP contribution >= 0.6 is 0 Å². The van der Waals surface area contributed by atoms with Crippen LogP contribution in [0.3, 0.4) is 0 Å². The fourth-order valence-electron chi connectivity index (χ4n) is 5.67. The van der Waals surface area contributed by atoms with Gasteiger partial charge in [0, 0.05) is 25.7 Å². The highest BCUT2D eigenvalue weighted by Crippen LogP contribution is 2.32. The van der Waals surface area contributed by atoms with Crippen molar-refractivity contribution in [1.82, 2.24) is 16.0 Å². The standard InChI is InChI=1S/C25H49FN6O10/c1-25(38)10-39-24(18(36)21(25)30-2)42-20-15(32-22(37)16(34)12(26)8-27)7-14(29)19(17(20)35)41-23-13(28)4-3-11(40-23)9-31-5-6-33/h11-21,23-24,30-31,33-36,38H,3-10,27-29H2,1-2H3,(H,32,37)/t11-,12?,13+,14-,15+,16?,17-,18+,19+,20-,21+,23+,24+,25-/m0/s1. The van der Waals surface area contributed by atoms with Gasteiger partial charge in [-0.3, -0.25) is 4.79 Å². The number of halogens is 1. The topological polar surface area (TPSA) is 269 Å². The molecule has 0 aromatic carbocycles. The number of aliphatic hydroxyl groups excluding tert-OH is 4. The smallest absolute Gasteiger partial charge is 0.252 e. The molecule has 246 valence electrons. The summed E-state index contributed by atoms with van der Waals surface area (Å²) in [4.78, 5) is 12.6. The second kappa shape index (κ2) is 15.7. The van der Waals surface area contributed by atoms with Crippen LogP contribution in [0.25, 0.3) is 0 Å². The first-order chi connectivity index (χ1) is 19.8. The van der Waals surface area contributed by atoms with E-state index in [1.807, 2.05) is 0 Å². The molecule has 14 atom stereocenters. The first-order valence-corrected chi connectivity index (χ1v) is 14.3. The van der Waals surface area contributed by atoms with Gasteiger partial charge in [0.25, 0.3) is 5.91 Å². The van der Waals surface area contributed by atoms with Crippen molar-refractivity contribution in [1.29, 1.82) is 0 Å². The lowest BCUT2D eigenvalue weighted by Gasteiger charge is -2.49. The molecule has 1 saturated carbocycles. The van der Waals surface area contributed by atoms with Crippen LogP contribution in [-0.2, 0) is 23.7 Å². The Labute approximate surface area is 244 Å². The molecule has 0 aromatic rings. The van der Waals surface area contributed by atoms with Crippen LogP contribution in [-0.4, -0.2) is 156 Å². The Hall–Kier alpha value is -1.16. The summed E-state index contributed by atoms with van der Waals surface area (Å²) in [5, 5.41) is 60.4. The summed E-state index contributed by atoms with van der Waals surface area (Å²) in [6, 6.07) is -3.39. The molecule has 0 aromatic heterocycles. The van der Waals surface area contributed by atoms with Gasteiger partial charge in [0.1, 0.15) is 36.2 Å². The number of carbonyl (C=O) groups excluding carboxylic acids is 1. The van der Waals surface area contributed by atoms with E-state index in [0.29, 0.717) is 25.9 Å². The number of nitrogens with two attached hydrogens (primary N) is 3. The third kappa shape index (κ3) is 8.51. The van der Waals surface area contributed by atoms with E-state index in [9.17, 15) is 29.6 Å². The minimum absolute atomic E-state index is 0.0321. The molecule has 42 heavy (non-hydrogen) atoms. The first-order valence-electron chi connectivity index (χ1n) is 14.3. The summed E-state index contributed by atoms with van der Waals surface area (Å²) < 4.78 is 37.7. The van der Waals surface area contributed by atoms with Gasteiger partial charge in [0.15, 0.2) is 18.7 Å². The normalized spacial score (nSPS) is 42.6. The average Bonchev–Trinajstić information content (AvgIpc) is 2.94. The van der Waals surface area contributed by atoms with Gasteiger partial charge in [0.2, 0.25) is 0 Å². The van der Waals surface area contributed by atoms with Crippen LogP contribution in [0.15, 0.2) is 0 Å². The minimum Gasteiger partial charge on any atom is -0.395 e. The number of carbonyl (C=O) groups is 1. The highest BCUT2D eigenvalue weighted by atomic mass is 19.1. The second-order valence-electron chi connectivity index (χ2n) is 11.5. The van der Waals surface area contributed by atoms with Gasteiger partial charge >= 0.3 is 0 Å². The monoisotopic (exact) mass is 612 g/mol. The molecule has 1 amide bonds. The van der Waals surface area contributed by atoms with Crippen molar-refractivity contribution in [3.8, 4) is 0 Å². The summed E-state index contributed by atoms with van der Waals surface area (Å²) in [7, 11) is 1.54. The molecule has 2 aliphatic heterocycles. The molecule has 2 saturated heterocycles. The molecule has 2 unspecified atom stereocenters. The third-order valence-electron chi connectivity index (χ3n) is 8.06. The molecule has 1 aliphatic carbocycles. The Morgan fingerprint density at radius 2 is 1.83 bits per heavy atom. The number of hydrogen-bond acceptors (Lipinski definition) is 15. The van der Waals surface area contributed by atoms with E-state index in [-0.39, 0.29) is 25.7 Å². The maximum absolute atomic E-state index is 14.0. The van der Waals surface area contributed by atoms with Gasteiger partial charge in [-0.15, -0.1) is 0 Å². The predicted octanol–water partition coefficient (Wildman–Crippen LogP) is -5.54. The Balaban J connectivity index is 1.80. The molecular weight excluding hydrogens is 563 g/mol. The summed E-state index contributed by atoms with van der Waals surface area (Å²) in [6.45, 7) is 1.45. The van der Waals surface area contributed by atoms with Gasteiger partial charge in [-0.25, -0.2) is 4.39 Å². The lowest BCUT2D eigenvalue weighted by molar-refractivity contribution is -0.307. The number of ether oxygens (including phenoxy) is 4. The quantitative estimate of drug-likeness (QED) is 0.0866. The summed E-state index contributed by atoms with van der Waals surface area (Å²) >= 11 is 0. The van der Waals surface area contributed by atoms with Crippen LogP contribution in [0, 0.1) is 0 Å². The van der Waals surface area contributed by atoms with Crippen molar-refractivity contribution in [2.45, 2.75) is 111 Å². The zero-order valence-electron chi connectivity index (χ0n) is 24.0. The van der Waals surface area contributed by atoms with E-state index in [1.165, 1.54) is 6.92 Å². The maximum atomic E-state index is 14.0. The van der Waals surface area contributed by atoms with Crippen LogP contribution in [0.1, 0.15) is 26.2 Å². The molecule has 3 aliphatic rings. The Bertz CT molecular complexity index is 852. The highest BCUT2D eigenvalue weighted by Gasteiger charge is 2.52. The summed E-state index contributed by atoms with van der Waals surface area (Å²) in [5.74, 6) is -1.10. The van der Waals surface area contributed by atoms with Crippen LogP contribution in [0.5, 0.6) is 0 Å². The van der Waals surface area contributed by atoms with Crippen molar-refractivity contribution in [2.75, 3.05) is 39.9 Å². The van der Waals surface area contributed by atoms with Crippen molar-refractivity contribution >= 4 is 5.91 Å². The van der Waals surface area contributed by atoms with Crippen molar-refractivity contribution in [2.24, 2.45) is 17.2 Å². The molecule has 16 nitrogen and oxygen atoms in total. The third-order valence-corrected chi connectivity index (χ3v) is 8.06. The summed E-state index contributed by atoms with van der Waals surface area (Å²) in [6.07, 6.45) is -10.9. The van der Waals surface area contributed by atoms with Gasteiger partial charge in [-0.05, 0) is 33.2 Å². The van der Waals surface area contributed by atoms with E-state index >= 15 is 0 Å². The van der Waals surface area contributed by atoms with Gasteiger partial charge in [0.05, 0.1) is 37.4 Å². The fraction of sp³-hybridized carbons (Fsp3) is 0.960. The SMILES string of the molecule is CN[C@@H]1[C@@H](O)[C@@H](O[C@@H]2[C@@H](O)[C@H](O[C@H]3O[C@H](CNCCO)CC[C@H]3N)[C@@H](N)C[C@H]2NC(=O)C(O)C(F)CN)OC[C@]1(C)O. The molecule has 17 heteroatoms. The van der Waals surface area contributed by atoms with Gasteiger partial charge in [-0.1, -0.05) is 0 Å². The summed E-state index contributed by atoms with van der Waals surface area (Å²) in [5.41, 5.74) is 16.4. The first kappa shape index (κ1) is 35.3. The van der Waals surface area contributed by atoms with E-state index in [4.69, 9.17) is 41.3 Å². The number of aliphatic hydroxyl groups is 5. The zero-order valence-corrected chi connectivity index (χ0v) is 24.0. The molecule has 3 fully saturated rings. The van der Waals surface area contributed by atoms with Crippen molar-refractivity contribution < 1.29 is 53.7 Å². The fourth-order valence-corrected chi connectivity index (χ4v) is 5.67. The second-order valence-corrected chi connectivity index (χ2v) is 11.5. The lowest BCUT2D eigenvalue weighted by Crippen LogP contribution is -2.69. The number of alkyl halides is 1. The van der Waals surface area contributed by atoms with Crippen LogP contribution in [0.2, 0.25) is 0 Å². The molecule has 3 rings (SSSR count). The van der Waals surface area contributed by atoms with Gasteiger partial charge in [-0.2, -0.15) is 0 Å². The molecule has 2 heterocycles. The number of nitrogens with one attached hydrogen (secondary N) is 3. The highest BCUT2D eigenvalue weighted by molar-refractivity contribution is 5.81. The Morgan fingerprint density at radius 1 is 1.14 bits per heavy atom. The number of hydrogen-bond donors (Lipinski definition) is 11. The Kier molecular flexibility index (Phi) is 13.2. The Morgan fingerprint density at radius 3 is 2.48 bits per heavy atom. The van der Waals surface area contributed by atoms with Gasteiger partial charge < -0.3 is 77.6 Å². The largest absolute Gasteiger partial charge is 0.395 e. The maximum Gasteiger partial charge on any atom is 0.252 e. The molecule has 0 bridgehead atoms. The van der Waals surface area contributed by atoms with Crippen LogP contribution in [0.4, 0.5) is 4.39 Å². The lowest BCUT2D eigenvalue weighted by atomic mass is 9.83. The van der Waals surface area contributed by atoms with E-state index in [2.05, 4.69) is 16.0 Å². The van der Waals surface area contributed by atoms with Crippen molar-refractivity contribution in [3.05, 3.63) is 0 Å². The zero-order chi connectivity index (χ0) is 31.2. The molecule has 0 radical (unpaired) electrons. The van der Waals surface area contributed by atoms with E-state index < -0.39 is 91.5 Å². The number of rotatable bonds is 13. The van der Waals surface area contributed by atoms with Crippen molar-refractivity contribution in [3.63, 3.8) is 0 Å². The molecular formula is C25H49FN6O10.